The molecule has 1 atom stereocenters. The van der Waals surface area contributed by atoms with Gasteiger partial charge in [0.05, 0.1) is 18.4 Å². The number of carbonyl (C=O) groups is 3. The number of nitrogens with one attached hydrogen (secondary N) is 2. The quantitative estimate of drug-likeness (QED) is 0.756. The maximum absolute atomic E-state index is 12.4. The number of unbranched alkanes of at least 4 members (excludes halogenated alkanes) is 1. The lowest BCUT2D eigenvalue weighted by Crippen LogP contribution is -2.41. The molecule has 120 valence electrons. The first-order valence-corrected chi connectivity index (χ1v) is 7.24. The van der Waals surface area contributed by atoms with Crippen LogP contribution in [0.5, 0.6) is 0 Å². The highest BCUT2D eigenvalue weighted by atomic mass is 16.5. The first-order chi connectivity index (χ1) is 10.5. The molecule has 0 aliphatic rings. The summed E-state index contributed by atoms with van der Waals surface area (Å²) in [6.07, 6.45) is 2.22. The van der Waals surface area contributed by atoms with Gasteiger partial charge >= 0.3 is 5.97 Å². The Balaban J connectivity index is 2.89. The van der Waals surface area contributed by atoms with Gasteiger partial charge in [0.2, 0.25) is 5.91 Å². The Kier molecular flexibility index (Phi) is 7.08. The molecule has 1 aromatic rings. The molecule has 0 radical (unpaired) electrons. The highest BCUT2D eigenvalue weighted by molar-refractivity contribution is 6.04. The van der Waals surface area contributed by atoms with Gasteiger partial charge < -0.3 is 15.4 Å². The summed E-state index contributed by atoms with van der Waals surface area (Å²) < 4.78 is 4.72. The van der Waals surface area contributed by atoms with E-state index in [9.17, 15) is 14.4 Å². The largest absolute Gasteiger partial charge is 0.467 e. The van der Waals surface area contributed by atoms with Gasteiger partial charge in [-0.2, -0.15) is 0 Å². The third-order valence-corrected chi connectivity index (χ3v) is 3.12. The van der Waals surface area contributed by atoms with Crippen molar-refractivity contribution in [3.63, 3.8) is 0 Å². The number of carbonyl (C=O) groups excluding carboxylic acids is 3. The average Bonchev–Trinajstić information content (AvgIpc) is 2.50. The van der Waals surface area contributed by atoms with Crippen molar-refractivity contribution in [2.75, 3.05) is 12.4 Å². The van der Waals surface area contributed by atoms with Crippen LogP contribution >= 0.6 is 0 Å². The molecule has 0 fully saturated rings. The molecular weight excluding hydrogens is 284 g/mol. The highest BCUT2D eigenvalue weighted by Crippen LogP contribution is 2.15. The molecule has 22 heavy (non-hydrogen) atoms. The van der Waals surface area contributed by atoms with Gasteiger partial charge in [0, 0.05) is 6.92 Å². The van der Waals surface area contributed by atoms with Gasteiger partial charge in [-0.1, -0.05) is 31.9 Å². The molecule has 0 aliphatic carbocycles. The van der Waals surface area contributed by atoms with E-state index >= 15 is 0 Å². The predicted molar refractivity (Wildman–Crippen MR) is 83.5 cm³/mol. The van der Waals surface area contributed by atoms with Crippen molar-refractivity contribution in [2.24, 2.45) is 0 Å². The number of ether oxygens (including phenoxy) is 1. The first-order valence-electron chi connectivity index (χ1n) is 7.24. The minimum Gasteiger partial charge on any atom is -0.467 e. The predicted octanol–water partition coefficient (Wildman–Crippen LogP) is 2.11. The molecular formula is C16H22N2O4. The Bertz CT molecular complexity index is 543. The number of benzene rings is 1. The summed E-state index contributed by atoms with van der Waals surface area (Å²) in [5, 5.41) is 5.27. The van der Waals surface area contributed by atoms with Crippen molar-refractivity contribution >= 4 is 23.5 Å². The molecule has 0 heterocycles. The molecule has 1 rings (SSSR count). The van der Waals surface area contributed by atoms with Crippen LogP contribution in [0.1, 0.15) is 43.5 Å². The van der Waals surface area contributed by atoms with Crippen LogP contribution in [-0.2, 0) is 14.3 Å². The fourth-order valence-electron chi connectivity index (χ4n) is 2.02. The second-order valence-electron chi connectivity index (χ2n) is 4.92. The van der Waals surface area contributed by atoms with Crippen molar-refractivity contribution in [3.05, 3.63) is 29.8 Å². The summed E-state index contributed by atoms with van der Waals surface area (Å²) in [4.78, 5) is 35.3. The lowest BCUT2D eigenvalue weighted by Gasteiger charge is -2.17. The van der Waals surface area contributed by atoms with E-state index in [4.69, 9.17) is 4.74 Å². The van der Waals surface area contributed by atoms with Gasteiger partial charge in [-0.15, -0.1) is 0 Å². The van der Waals surface area contributed by atoms with E-state index in [1.54, 1.807) is 24.3 Å². The molecule has 0 saturated heterocycles. The van der Waals surface area contributed by atoms with Crippen molar-refractivity contribution < 1.29 is 19.1 Å². The molecule has 0 spiro atoms. The maximum Gasteiger partial charge on any atom is 0.328 e. The van der Waals surface area contributed by atoms with Crippen LogP contribution < -0.4 is 10.6 Å². The van der Waals surface area contributed by atoms with Crippen LogP contribution in [0, 0.1) is 0 Å². The van der Waals surface area contributed by atoms with Gasteiger partial charge in [-0.25, -0.2) is 4.79 Å². The highest BCUT2D eigenvalue weighted by Gasteiger charge is 2.22. The number of methoxy groups -OCH3 is 1. The second kappa shape index (κ2) is 8.81. The lowest BCUT2D eigenvalue weighted by atomic mass is 10.1. The van der Waals surface area contributed by atoms with Gasteiger partial charge in [-0.3, -0.25) is 9.59 Å². The fraction of sp³-hybridized carbons (Fsp3) is 0.438. The number of hydrogen-bond donors (Lipinski definition) is 2. The molecule has 1 aromatic carbocycles. The monoisotopic (exact) mass is 306 g/mol. The summed E-state index contributed by atoms with van der Waals surface area (Å²) in [7, 11) is 1.29. The van der Waals surface area contributed by atoms with Crippen LogP contribution in [0.25, 0.3) is 0 Å². The zero-order valence-corrected chi connectivity index (χ0v) is 13.1. The number of para-hydroxylation sites is 1. The molecule has 0 bridgehead atoms. The molecule has 6 heteroatoms. The van der Waals surface area contributed by atoms with Gasteiger partial charge in [0.25, 0.3) is 5.91 Å². The zero-order valence-electron chi connectivity index (χ0n) is 13.1. The number of esters is 1. The third kappa shape index (κ3) is 5.20. The van der Waals surface area contributed by atoms with Gasteiger partial charge in [0.1, 0.15) is 6.04 Å². The molecule has 2 amide bonds. The minimum atomic E-state index is -0.692. The van der Waals surface area contributed by atoms with E-state index in [1.807, 2.05) is 6.92 Å². The summed E-state index contributed by atoms with van der Waals surface area (Å²) in [6, 6.07) is 5.95. The number of rotatable bonds is 7. The summed E-state index contributed by atoms with van der Waals surface area (Å²) >= 11 is 0. The molecule has 0 saturated carbocycles. The molecule has 0 aliphatic heterocycles. The van der Waals surface area contributed by atoms with Crippen LogP contribution in [0.3, 0.4) is 0 Å². The molecule has 0 aromatic heterocycles. The van der Waals surface area contributed by atoms with E-state index in [2.05, 4.69) is 10.6 Å². The second-order valence-corrected chi connectivity index (χ2v) is 4.92. The maximum atomic E-state index is 12.4. The smallest absolute Gasteiger partial charge is 0.328 e. The summed E-state index contributed by atoms with van der Waals surface area (Å²) in [5.74, 6) is -1.16. The number of amides is 2. The van der Waals surface area contributed by atoms with Crippen molar-refractivity contribution in [1.29, 1.82) is 0 Å². The Labute approximate surface area is 130 Å². The van der Waals surface area contributed by atoms with Crippen LogP contribution in [-0.4, -0.2) is 30.9 Å². The topological polar surface area (TPSA) is 84.5 Å². The summed E-state index contributed by atoms with van der Waals surface area (Å²) in [6.45, 7) is 3.37. The molecule has 6 nitrogen and oxygen atoms in total. The van der Waals surface area contributed by atoms with E-state index in [-0.39, 0.29) is 5.91 Å². The van der Waals surface area contributed by atoms with Crippen LogP contribution in [0.15, 0.2) is 24.3 Å². The number of hydrogen-bond acceptors (Lipinski definition) is 4. The van der Waals surface area contributed by atoms with Crippen LogP contribution in [0.4, 0.5) is 5.69 Å². The van der Waals surface area contributed by atoms with Crippen LogP contribution in [0.2, 0.25) is 0 Å². The van der Waals surface area contributed by atoms with Crippen molar-refractivity contribution in [3.8, 4) is 0 Å². The van der Waals surface area contributed by atoms with Crippen molar-refractivity contribution in [1.82, 2.24) is 5.32 Å². The Morgan fingerprint density at radius 1 is 1.23 bits per heavy atom. The third-order valence-electron chi connectivity index (χ3n) is 3.12. The Morgan fingerprint density at radius 2 is 1.91 bits per heavy atom. The normalized spacial score (nSPS) is 11.4. The Morgan fingerprint density at radius 3 is 2.50 bits per heavy atom. The van der Waals surface area contributed by atoms with Gasteiger partial charge in [-0.05, 0) is 18.6 Å². The zero-order chi connectivity index (χ0) is 16.5. The van der Waals surface area contributed by atoms with E-state index in [0.717, 1.165) is 12.8 Å². The summed E-state index contributed by atoms with van der Waals surface area (Å²) in [5.41, 5.74) is 0.717. The van der Waals surface area contributed by atoms with E-state index in [0.29, 0.717) is 17.7 Å². The number of anilines is 1. The first kappa shape index (κ1) is 17.7. The molecule has 0 unspecified atom stereocenters. The average molecular weight is 306 g/mol. The molecule has 2 N–H and O–H groups in total. The lowest BCUT2D eigenvalue weighted by molar-refractivity contribution is -0.143. The minimum absolute atomic E-state index is 0.268. The fourth-order valence-corrected chi connectivity index (χ4v) is 2.02. The van der Waals surface area contributed by atoms with E-state index in [1.165, 1.54) is 14.0 Å². The SMILES string of the molecule is CCCC[C@@H](NC(=O)c1ccccc1NC(C)=O)C(=O)OC. The standard InChI is InChI=1S/C16H22N2O4/c1-4-5-9-14(16(21)22-3)18-15(20)12-8-6-7-10-13(12)17-11(2)19/h6-8,10,14H,4-5,9H2,1-3H3,(H,17,19)(H,18,20)/t14-/m1/s1. The van der Waals surface area contributed by atoms with E-state index < -0.39 is 17.9 Å². The Hall–Kier alpha value is -2.37. The van der Waals surface area contributed by atoms with Gasteiger partial charge in [0.15, 0.2) is 0 Å². The van der Waals surface area contributed by atoms with Crippen molar-refractivity contribution in [2.45, 2.75) is 39.2 Å².